The van der Waals surface area contributed by atoms with Crippen molar-refractivity contribution in [3.05, 3.63) is 60.4 Å². The lowest BCUT2D eigenvalue weighted by molar-refractivity contribution is -0.152. The molecule has 0 aliphatic carbocycles. The third-order valence-corrected chi connectivity index (χ3v) is 5.79. The third kappa shape index (κ3) is 5.98. The van der Waals surface area contributed by atoms with Gasteiger partial charge in [-0.25, -0.2) is 0 Å². The number of esters is 1. The van der Waals surface area contributed by atoms with Crippen LogP contribution in [0.4, 0.5) is 5.69 Å². The van der Waals surface area contributed by atoms with Crippen molar-refractivity contribution in [3.8, 4) is 0 Å². The number of aliphatic hydroxyl groups is 1. The highest BCUT2D eigenvalue weighted by Crippen LogP contribution is 2.41. The molecule has 0 bridgehead atoms. The van der Waals surface area contributed by atoms with Gasteiger partial charge in [0.05, 0.1) is 10.9 Å². The number of amides is 1. The number of carbonyl (C=O) groups excluding carboxylic acids is 2. The van der Waals surface area contributed by atoms with E-state index < -0.39 is 17.3 Å². The van der Waals surface area contributed by atoms with Gasteiger partial charge in [-0.15, -0.1) is 11.8 Å². The fraction of sp³-hybridized carbons (Fsp3) is 0.364. The van der Waals surface area contributed by atoms with Gasteiger partial charge in [0.15, 0.2) is 6.10 Å². The molecule has 2 atom stereocenters. The number of likely N-dealkylation sites (N-methyl/N-ethyl adjacent to an activating group) is 1. The molecule has 0 aromatic heterocycles. The Morgan fingerprint density at radius 3 is 2.66 bits per heavy atom. The molecule has 1 aromatic rings. The van der Waals surface area contributed by atoms with Crippen LogP contribution in [0.2, 0.25) is 0 Å². The molecule has 0 spiro atoms. The number of carbonyl (C=O) groups is 2. The molecule has 29 heavy (non-hydrogen) atoms. The van der Waals surface area contributed by atoms with Crippen LogP contribution in [0, 0.1) is 0 Å². The predicted octanol–water partition coefficient (Wildman–Crippen LogP) is 3.56. The standard InChI is InChI=1S/C22H28N2O4S/c1-6-17(26)12-11-15(2)21-20(28-16(3)25)22(27)24(14-13-23(4)5)18-9-7-8-10-19(18)29-21/h6-12,20-21,26H,2,13-14H2,1,3-5H3/b12-11-,17-6+/t20-,21+/m1/s1. The zero-order chi connectivity index (χ0) is 21.6. The minimum atomic E-state index is -1.02. The number of aliphatic hydroxyl groups excluding tert-OH is 1. The third-order valence-electron chi connectivity index (χ3n) is 4.39. The molecule has 1 amide bonds. The van der Waals surface area contributed by atoms with Gasteiger partial charge in [-0.2, -0.15) is 0 Å². The first kappa shape index (κ1) is 22.8. The van der Waals surface area contributed by atoms with Crippen LogP contribution in [0.25, 0.3) is 0 Å². The average Bonchev–Trinajstić information content (AvgIpc) is 2.79. The predicted molar refractivity (Wildman–Crippen MR) is 117 cm³/mol. The van der Waals surface area contributed by atoms with E-state index in [0.29, 0.717) is 18.7 Å². The summed E-state index contributed by atoms with van der Waals surface area (Å²) in [5.74, 6) is -0.719. The van der Waals surface area contributed by atoms with Crippen LogP contribution in [0.3, 0.4) is 0 Å². The summed E-state index contributed by atoms with van der Waals surface area (Å²) in [6.07, 6.45) is 3.70. The van der Waals surface area contributed by atoms with Gasteiger partial charge in [-0.3, -0.25) is 9.59 Å². The number of benzene rings is 1. The first-order valence-corrected chi connectivity index (χ1v) is 10.2. The van der Waals surface area contributed by atoms with Crippen molar-refractivity contribution in [1.82, 2.24) is 4.90 Å². The molecular weight excluding hydrogens is 388 g/mol. The van der Waals surface area contributed by atoms with Gasteiger partial charge < -0.3 is 19.6 Å². The second-order valence-corrected chi connectivity index (χ2v) is 8.13. The van der Waals surface area contributed by atoms with E-state index in [1.165, 1.54) is 24.8 Å². The van der Waals surface area contributed by atoms with E-state index in [0.717, 1.165) is 10.6 Å². The number of hydrogen-bond donors (Lipinski definition) is 1. The highest BCUT2D eigenvalue weighted by atomic mass is 32.2. The number of ether oxygens (including phenoxy) is 1. The Labute approximate surface area is 176 Å². The summed E-state index contributed by atoms with van der Waals surface area (Å²) in [5, 5.41) is 9.19. The van der Waals surface area contributed by atoms with Gasteiger partial charge >= 0.3 is 5.97 Å². The quantitative estimate of drug-likeness (QED) is 0.416. The normalized spacial score (nSPS) is 20.0. The molecular formula is C22H28N2O4S. The Morgan fingerprint density at radius 1 is 1.34 bits per heavy atom. The van der Waals surface area contributed by atoms with Crippen molar-refractivity contribution < 1.29 is 19.4 Å². The smallest absolute Gasteiger partial charge is 0.303 e. The molecule has 156 valence electrons. The summed E-state index contributed by atoms with van der Waals surface area (Å²) in [7, 11) is 3.88. The molecule has 0 saturated heterocycles. The van der Waals surface area contributed by atoms with E-state index in [1.54, 1.807) is 24.0 Å². The Morgan fingerprint density at radius 2 is 2.03 bits per heavy atom. The van der Waals surface area contributed by atoms with Gasteiger partial charge in [0.25, 0.3) is 5.91 Å². The molecule has 6 nitrogen and oxygen atoms in total. The lowest BCUT2D eigenvalue weighted by Gasteiger charge is -2.28. The van der Waals surface area contributed by atoms with E-state index in [1.807, 2.05) is 43.3 Å². The highest BCUT2D eigenvalue weighted by Gasteiger charge is 2.40. The Bertz CT molecular complexity index is 832. The summed E-state index contributed by atoms with van der Waals surface area (Å²) in [6.45, 7) is 8.22. The zero-order valence-corrected chi connectivity index (χ0v) is 18.1. The van der Waals surface area contributed by atoms with Gasteiger partial charge in [0.1, 0.15) is 5.76 Å². The van der Waals surface area contributed by atoms with Crippen molar-refractivity contribution in [2.75, 3.05) is 32.1 Å². The molecule has 0 fully saturated rings. The molecule has 1 N–H and O–H groups in total. The van der Waals surface area contributed by atoms with E-state index in [9.17, 15) is 14.7 Å². The number of allylic oxidation sites excluding steroid dienone is 3. The second kappa shape index (κ2) is 10.3. The summed E-state index contributed by atoms with van der Waals surface area (Å²) < 4.78 is 5.48. The minimum absolute atomic E-state index is 0.0909. The lowest BCUT2D eigenvalue weighted by atomic mass is 10.1. The highest BCUT2D eigenvalue weighted by molar-refractivity contribution is 8.00. The molecule has 1 heterocycles. The molecule has 0 radical (unpaired) electrons. The van der Waals surface area contributed by atoms with E-state index in [4.69, 9.17) is 4.74 Å². The number of thioether (sulfide) groups is 1. The van der Waals surface area contributed by atoms with Crippen molar-refractivity contribution in [1.29, 1.82) is 0 Å². The van der Waals surface area contributed by atoms with Crippen molar-refractivity contribution in [2.24, 2.45) is 0 Å². The maximum absolute atomic E-state index is 13.5. The van der Waals surface area contributed by atoms with Gasteiger partial charge in [0, 0.05) is 24.9 Å². The summed E-state index contributed by atoms with van der Waals surface area (Å²) in [4.78, 5) is 29.8. The van der Waals surface area contributed by atoms with Crippen molar-refractivity contribution in [3.63, 3.8) is 0 Å². The second-order valence-electron chi connectivity index (χ2n) is 6.95. The molecule has 1 aliphatic heterocycles. The average molecular weight is 417 g/mol. The van der Waals surface area contributed by atoms with Crippen molar-refractivity contribution in [2.45, 2.75) is 30.1 Å². The topological polar surface area (TPSA) is 70.1 Å². The summed E-state index contributed by atoms with van der Waals surface area (Å²) >= 11 is 1.43. The molecule has 1 aromatic carbocycles. The monoisotopic (exact) mass is 416 g/mol. The van der Waals surface area contributed by atoms with E-state index >= 15 is 0 Å². The minimum Gasteiger partial charge on any atom is -0.508 e. The Hall–Kier alpha value is -2.51. The SMILES string of the molecule is C=C(/C=C\C(O)=C/C)[C@@H]1Sc2ccccc2N(CCN(C)C)C(=O)[C@@H]1OC(C)=O. The summed E-state index contributed by atoms with van der Waals surface area (Å²) in [6, 6.07) is 7.63. The number of rotatable bonds is 7. The molecule has 7 heteroatoms. The van der Waals surface area contributed by atoms with Crippen LogP contribution < -0.4 is 4.90 Å². The zero-order valence-electron chi connectivity index (χ0n) is 17.3. The molecule has 0 saturated carbocycles. The summed E-state index contributed by atoms with van der Waals surface area (Å²) in [5.41, 5.74) is 1.37. The van der Waals surface area contributed by atoms with Gasteiger partial charge in [0.2, 0.25) is 0 Å². The van der Waals surface area contributed by atoms with Crippen LogP contribution in [0.15, 0.2) is 65.3 Å². The maximum atomic E-state index is 13.5. The van der Waals surface area contributed by atoms with E-state index in [-0.39, 0.29) is 11.7 Å². The molecule has 0 unspecified atom stereocenters. The van der Waals surface area contributed by atoms with Gasteiger partial charge in [-0.05, 0) is 50.9 Å². The largest absolute Gasteiger partial charge is 0.508 e. The maximum Gasteiger partial charge on any atom is 0.303 e. The fourth-order valence-electron chi connectivity index (χ4n) is 2.86. The molecule has 2 rings (SSSR count). The van der Waals surface area contributed by atoms with Gasteiger partial charge in [-0.1, -0.05) is 24.8 Å². The molecule has 1 aliphatic rings. The number of para-hydroxylation sites is 1. The lowest BCUT2D eigenvalue weighted by Crippen LogP contribution is -2.47. The van der Waals surface area contributed by atoms with Crippen molar-refractivity contribution >= 4 is 29.3 Å². The number of anilines is 1. The van der Waals surface area contributed by atoms with Crippen LogP contribution in [0.5, 0.6) is 0 Å². The fourth-order valence-corrected chi connectivity index (χ4v) is 4.11. The van der Waals surface area contributed by atoms with Crippen LogP contribution in [0.1, 0.15) is 13.8 Å². The number of fused-ring (bicyclic) bond motifs is 1. The number of nitrogens with zero attached hydrogens (tertiary/aromatic N) is 2. The van der Waals surface area contributed by atoms with Crippen LogP contribution in [-0.2, 0) is 14.3 Å². The first-order valence-electron chi connectivity index (χ1n) is 9.35. The van der Waals surface area contributed by atoms with Crippen LogP contribution in [-0.4, -0.2) is 60.4 Å². The van der Waals surface area contributed by atoms with Crippen LogP contribution >= 0.6 is 11.8 Å². The first-order chi connectivity index (χ1) is 13.7. The Kier molecular flexibility index (Phi) is 8.10. The number of hydrogen-bond acceptors (Lipinski definition) is 6. The van der Waals surface area contributed by atoms with E-state index in [2.05, 4.69) is 6.58 Å². The Balaban J connectivity index is 2.48.